The molecule has 2 aromatic rings. The van der Waals surface area contributed by atoms with E-state index in [1.165, 1.54) is 22.8 Å². The zero-order chi connectivity index (χ0) is 15.3. The van der Waals surface area contributed by atoms with Gasteiger partial charge in [-0.05, 0) is 11.6 Å². The van der Waals surface area contributed by atoms with Crippen LogP contribution >= 0.6 is 0 Å². The second-order valence-electron chi connectivity index (χ2n) is 4.50. The lowest BCUT2D eigenvalue weighted by Crippen LogP contribution is -2.33. The van der Waals surface area contributed by atoms with Crippen LogP contribution in [0, 0.1) is 0 Å². The molecular weight excluding hydrogens is 290 g/mol. The minimum Gasteiger partial charge on any atom is -0.397 e. The maximum absolute atomic E-state index is 12.6. The number of aromatic nitrogens is 1. The monoisotopic (exact) mass is 307 g/mol. The molecule has 0 unspecified atom stereocenters. The molecular formula is C14H17N3O3S. The standard InChI is InChI=1S/C14H17N3O3S/c15-13-8-14(10-16-9-13)21(19,20)17(6-7-18)11-12-4-2-1-3-5-12/h1-5,8-10,18H,6-7,11,15H2. The number of rotatable bonds is 6. The number of aliphatic hydroxyl groups is 1. The smallest absolute Gasteiger partial charge is 0.245 e. The van der Waals surface area contributed by atoms with Crippen molar-refractivity contribution >= 4 is 15.7 Å². The van der Waals surface area contributed by atoms with E-state index in [4.69, 9.17) is 10.8 Å². The Labute approximate surface area is 123 Å². The predicted molar refractivity (Wildman–Crippen MR) is 79.8 cm³/mol. The Morgan fingerprint density at radius 3 is 2.52 bits per heavy atom. The number of nitrogens with zero attached hydrogens (tertiary/aromatic N) is 2. The summed E-state index contributed by atoms with van der Waals surface area (Å²) in [4.78, 5) is 3.83. The van der Waals surface area contributed by atoms with Crippen LogP contribution in [0.1, 0.15) is 5.56 Å². The highest BCUT2D eigenvalue weighted by atomic mass is 32.2. The van der Waals surface area contributed by atoms with Gasteiger partial charge < -0.3 is 10.8 Å². The number of nitrogen functional groups attached to an aromatic ring is 1. The fourth-order valence-electron chi connectivity index (χ4n) is 1.91. The summed E-state index contributed by atoms with van der Waals surface area (Å²) in [6.07, 6.45) is 2.63. The molecule has 1 aromatic heterocycles. The zero-order valence-corrected chi connectivity index (χ0v) is 12.2. The van der Waals surface area contributed by atoms with Gasteiger partial charge in [-0.15, -0.1) is 0 Å². The van der Waals surface area contributed by atoms with E-state index in [2.05, 4.69) is 4.98 Å². The average molecular weight is 307 g/mol. The van der Waals surface area contributed by atoms with Crippen LogP contribution in [0.25, 0.3) is 0 Å². The summed E-state index contributed by atoms with van der Waals surface area (Å²) in [7, 11) is -3.75. The molecule has 112 valence electrons. The van der Waals surface area contributed by atoms with Crippen LogP contribution in [0.2, 0.25) is 0 Å². The topological polar surface area (TPSA) is 96.5 Å². The van der Waals surface area contributed by atoms with E-state index in [1.54, 1.807) is 0 Å². The summed E-state index contributed by atoms with van der Waals surface area (Å²) < 4.78 is 26.4. The Hall–Kier alpha value is -1.96. The summed E-state index contributed by atoms with van der Waals surface area (Å²) in [5.41, 5.74) is 6.70. The van der Waals surface area contributed by atoms with E-state index < -0.39 is 10.0 Å². The first-order valence-electron chi connectivity index (χ1n) is 6.39. The lowest BCUT2D eigenvalue weighted by molar-refractivity contribution is 0.251. The van der Waals surface area contributed by atoms with Gasteiger partial charge in [0.05, 0.1) is 12.3 Å². The third-order valence-corrected chi connectivity index (χ3v) is 4.73. The lowest BCUT2D eigenvalue weighted by Gasteiger charge is -2.21. The van der Waals surface area contributed by atoms with Crippen molar-refractivity contribution in [2.75, 3.05) is 18.9 Å². The molecule has 0 radical (unpaired) electrons. The molecule has 21 heavy (non-hydrogen) atoms. The van der Waals surface area contributed by atoms with Gasteiger partial charge in [-0.25, -0.2) is 8.42 Å². The highest BCUT2D eigenvalue weighted by Crippen LogP contribution is 2.19. The molecule has 0 aliphatic carbocycles. The van der Waals surface area contributed by atoms with Gasteiger partial charge in [0, 0.05) is 25.5 Å². The molecule has 1 aromatic carbocycles. The third kappa shape index (κ3) is 3.78. The Balaban J connectivity index is 2.32. The number of hydrogen-bond donors (Lipinski definition) is 2. The number of hydrogen-bond acceptors (Lipinski definition) is 5. The maximum atomic E-state index is 12.6. The first-order chi connectivity index (χ1) is 10.0. The van der Waals surface area contributed by atoms with Crippen LogP contribution in [0.4, 0.5) is 5.69 Å². The SMILES string of the molecule is Nc1cncc(S(=O)(=O)N(CCO)Cc2ccccc2)c1. The number of anilines is 1. The van der Waals surface area contributed by atoms with E-state index in [0.717, 1.165) is 5.56 Å². The molecule has 0 aliphatic rings. The van der Waals surface area contributed by atoms with Crippen molar-refractivity contribution in [2.24, 2.45) is 0 Å². The third-order valence-electron chi connectivity index (χ3n) is 2.92. The van der Waals surface area contributed by atoms with Crippen molar-refractivity contribution in [1.82, 2.24) is 9.29 Å². The highest BCUT2D eigenvalue weighted by Gasteiger charge is 2.24. The van der Waals surface area contributed by atoms with E-state index in [0.29, 0.717) is 0 Å². The molecule has 0 atom stereocenters. The maximum Gasteiger partial charge on any atom is 0.245 e. The number of aliphatic hydroxyl groups excluding tert-OH is 1. The van der Waals surface area contributed by atoms with E-state index in [-0.39, 0.29) is 30.3 Å². The molecule has 0 bridgehead atoms. The molecule has 0 spiro atoms. The van der Waals surface area contributed by atoms with Crippen LogP contribution in [-0.2, 0) is 16.6 Å². The Morgan fingerprint density at radius 1 is 1.19 bits per heavy atom. The Kier molecular flexibility index (Phi) is 4.89. The van der Waals surface area contributed by atoms with Gasteiger partial charge >= 0.3 is 0 Å². The lowest BCUT2D eigenvalue weighted by atomic mass is 10.2. The number of pyridine rings is 1. The van der Waals surface area contributed by atoms with Crippen molar-refractivity contribution in [3.05, 3.63) is 54.4 Å². The van der Waals surface area contributed by atoms with Gasteiger partial charge in [-0.3, -0.25) is 4.98 Å². The Bertz CT molecular complexity index is 690. The van der Waals surface area contributed by atoms with Crippen LogP contribution in [0.3, 0.4) is 0 Å². The first kappa shape index (κ1) is 15.4. The second kappa shape index (κ2) is 6.66. The molecule has 3 N–H and O–H groups in total. The molecule has 7 heteroatoms. The molecule has 1 heterocycles. The summed E-state index contributed by atoms with van der Waals surface area (Å²) in [6.45, 7) is -0.0770. The molecule has 0 fully saturated rings. The van der Waals surface area contributed by atoms with Gasteiger partial charge in [0.15, 0.2) is 0 Å². The minimum atomic E-state index is -3.75. The first-order valence-corrected chi connectivity index (χ1v) is 7.83. The van der Waals surface area contributed by atoms with E-state index in [1.807, 2.05) is 30.3 Å². The van der Waals surface area contributed by atoms with Gasteiger partial charge in [0.2, 0.25) is 10.0 Å². The summed E-state index contributed by atoms with van der Waals surface area (Å²) in [5, 5.41) is 9.13. The number of nitrogens with two attached hydrogens (primary N) is 1. The van der Waals surface area contributed by atoms with Crippen LogP contribution in [-0.4, -0.2) is 36.0 Å². The van der Waals surface area contributed by atoms with Crippen molar-refractivity contribution in [3.8, 4) is 0 Å². The van der Waals surface area contributed by atoms with Crippen LogP contribution < -0.4 is 5.73 Å². The highest BCUT2D eigenvalue weighted by molar-refractivity contribution is 7.89. The average Bonchev–Trinajstić information content (AvgIpc) is 2.48. The molecule has 6 nitrogen and oxygen atoms in total. The van der Waals surface area contributed by atoms with Crippen molar-refractivity contribution in [3.63, 3.8) is 0 Å². The van der Waals surface area contributed by atoms with Crippen molar-refractivity contribution in [1.29, 1.82) is 0 Å². The Morgan fingerprint density at radius 2 is 1.90 bits per heavy atom. The fourth-order valence-corrected chi connectivity index (χ4v) is 3.33. The molecule has 0 aliphatic heterocycles. The van der Waals surface area contributed by atoms with Gasteiger partial charge in [-0.2, -0.15) is 4.31 Å². The largest absolute Gasteiger partial charge is 0.397 e. The minimum absolute atomic E-state index is 0.00598. The van der Waals surface area contributed by atoms with Gasteiger partial charge in [0.25, 0.3) is 0 Å². The predicted octanol–water partition coefficient (Wildman–Crippen LogP) is 0.847. The molecule has 2 rings (SSSR count). The summed E-state index contributed by atoms with van der Waals surface area (Å²) >= 11 is 0. The fraction of sp³-hybridized carbons (Fsp3) is 0.214. The second-order valence-corrected chi connectivity index (χ2v) is 6.44. The molecule has 0 saturated heterocycles. The molecule has 0 amide bonds. The van der Waals surface area contributed by atoms with Crippen molar-refractivity contribution in [2.45, 2.75) is 11.4 Å². The molecule has 0 saturated carbocycles. The number of benzene rings is 1. The van der Waals surface area contributed by atoms with Crippen LogP contribution in [0.15, 0.2) is 53.7 Å². The summed E-state index contributed by atoms with van der Waals surface area (Å²) in [5.74, 6) is 0. The quantitative estimate of drug-likeness (QED) is 0.824. The summed E-state index contributed by atoms with van der Waals surface area (Å²) in [6, 6.07) is 10.5. The van der Waals surface area contributed by atoms with Gasteiger partial charge in [-0.1, -0.05) is 30.3 Å². The number of sulfonamides is 1. The van der Waals surface area contributed by atoms with E-state index >= 15 is 0 Å². The van der Waals surface area contributed by atoms with Gasteiger partial charge in [0.1, 0.15) is 4.90 Å². The normalized spacial score (nSPS) is 11.7. The van der Waals surface area contributed by atoms with E-state index in [9.17, 15) is 8.42 Å². The van der Waals surface area contributed by atoms with Crippen LogP contribution in [0.5, 0.6) is 0 Å². The van der Waals surface area contributed by atoms with Crippen molar-refractivity contribution < 1.29 is 13.5 Å². The zero-order valence-electron chi connectivity index (χ0n) is 11.4.